The molecule has 1 heterocycles. The van der Waals surface area contributed by atoms with Crippen molar-refractivity contribution in [3.8, 4) is 5.75 Å². The Hall–Kier alpha value is -2.55. The van der Waals surface area contributed by atoms with E-state index in [9.17, 15) is 4.79 Å². The Balaban J connectivity index is 1.80. The van der Waals surface area contributed by atoms with Crippen LogP contribution in [0.4, 0.5) is 5.69 Å². The molecule has 0 aromatic heterocycles. The molecule has 0 spiro atoms. The minimum Gasteiger partial charge on any atom is -0.497 e. The second-order valence-electron chi connectivity index (χ2n) is 5.46. The van der Waals surface area contributed by atoms with E-state index in [1.807, 2.05) is 54.3 Å². The number of β-lactam (4-membered cyclic amide) rings is 1. The van der Waals surface area contributed by atoms with Gasteiger partial charge < -0.3 is 9.64 Å². The second-order valence-corrected chi connectivity index (χ2v) is 5.46. The van der Waals surface area contributed by atoms with Gasteiger partial charge in [0.1, 0.15) is 5.75 Å². The van der Waals surface area contributed by atoms with Gasteiger partial charge in [-0.15, -0.1) is 0 Å². The molecule has 1 amide bonds. The first kappa shape index (κ1) is 14.4. The van der Waals surface area contributed by atoms with Crippen molar-refractivity contribution < 1.29 is 9.53 Å². The number of methoxy groups -OCH3 is 1. The van der Waals surface area contributed by atoms with Crippen LogP contribution in [-0.2, 0) is 4.79 Å². The predicted octanol–water partition coefficient (Wildman–Crippen LogP) is 3.76. The Morgan fingerprint density at radius 2 is 1.73 bits per heavy atom. The van der Waals surface area contributed by atoms with E-state index in [0.717, 1.165) is 17.0 Å². The fourth-order valence-corrected chi connectivity index (χ4v) is 2.72. The molecule has 112 valence electrons. The predicted molar refractivity (Wildman–Crippen MR) is 88.9 cm³/mol. The maximum absolute atomic E-state index is 12.2. The number of rotatable bonds is 4. The van der Waals surface area contributed by atoms with Crippen molar-refractivity contribution in [2.24, 2.45) is 5.92 Å². The third-order valence-corrected chi connectivity index (χ3v) is 4.07. The highest BCUT2D eigenvalue weighted by Crippen LogP contribution is 2.34. The molecule has 1 aliphatic heterocycles. The molecule has 0 aliphatic carbocycles. The Labute approximate surface area is 130 Å². The molecule has 2 aromatic carbocycles. The average molecular weight is 293 g/mol. The summed E-state index contributed by atoms with van der Waals surface area (Å²) >= 11 is 0. The molecule has 1 fully saturated rings. The van der Waals surface area contributed by atoms with E-state index in [1.165, 1.54) is 0 Å². The molecule has 3 rings (SSSR count). The van der Waals surface area contributed by atoms with E-state index in [1.54, 1.807) is 7.11 Å². The molecule has 0 saturated carbocycles. The molecule has 2 atom stereocenters. The molecule has 3 nitrogen and oxygen atoms in total. The maximum Gasteiger partial charge on any atom is 0.232 e. The molecule has 0 unspecified atom stereocenters. The van der Waals surface area contributed by atoms with Crippen molar-refractivity contribution in [3.05, 3.63) is 66.2 Å². The maximum atomic E-state index is 12.2. The van der Waals surface area contributed by atoms with Gasteiger partial charge in [-0.25, -0.2) is 0 Å². The van der Waals surface area contributed by atoms with Gasteiger partial charge in [-0.05, 0) is 29.8 Å². The van der Waals surface area contributed by atoms with E-state index >= 15 is 0 Å². The summed E-state index contributed by atoms with van der Waals surface area (Å²) in [5.41, 5.74) is 2.05. The van der Waals surface area contributed by atoms with Gasteiger partial charge in [0.15, 0.2) is 0 Å². The van der Waals surface area contributed by atoms with Crippen LogP contribution < -0.4 is 9.64 Å². The van der Waals surface area contributed by atoms with Crippen molar-refractivity contribution in [2.75, 3.05) is 12.0 Å². The lowest BCUT2D eigenvalue weighted by Gasteiger charge is -2.44. The largest absolute Gasteiger partial charge is 0.497 e. The SMILES string of the molecule is COc1ccc(N2C(=O)[C@H](C)[C@H]2/C=C/c2ccccc2)cc1. The highest BCUT2D eigenvalue weighted by molar-refractivity contribution is 6.03. The van der Waals surface area contributed by atoms with Crippen molar-refractivity contribution in [2.45, 2.75) is 13.0 Å². The minimum absolute atomic E-state index is 0.0158. The smallest absolute Gasteiger partial charge is 0.232 e. The number of nitrogens with zero attached hydrogens (tertiary/aromatic N) is 1. The van der Waals surface area contributed by atoms with Gasteiger partial charge in [-0.3, -0.25) is 4.79 Å². The van der Waals surface area contributed by atoms with Gasteiger partial charge in [0.05, 0.1) is 19.1 Å². The summed E-state index contributed by atoms with van der Waals surface area (Å²) in [5.74, 6) is 0.969. The third-order valence-electron chi connectivity index (χ3n) is 4.07. The summed E-state index contributed by atoms with van der Waals surface area (Å²) in [7, 11) is 1.64. The Morgan fingerprint density at radius 1 is 1.05 bits per heavy atom. The Kier molecular flexibility index (Phi) is 3.96. The Bertz CT molecular complexity index is 676. The van der Waals surface area contributed by atoms with Crippen LogP contribution in [0, 0.1) is 5.92 Å². The molecular formula is C19H19NO2. The molecule has 0 bridgehead atoms. The lowest BCUT2D eigenvalue weighted by molar-refractivity contribution is -0.128. The minimum atomic E-state index is 0.0158. The van der Waals surface area contributed by atoms with E-state index in [2.05, 4.69) is 24.3 Å². The molecule has 22 heavy (non-hydrogen) atoms. The quantitative estimate of drug-likeness (QED) is 0.803. The van der Waals surface area contributed by atoms with Crippen LogP contribution in [0.1, 0.15) is 12.5 Å². The number of benzene rings is 2. The average Bonchev–Trinajstić information content (AvgIpc) is 2.59. The fourth-order valence-electron chi connectivity index (χ4n) is 2.72. The zero-order chi connectivity index (χ0) is 15.5. The van der Waals surface area contributed by atoms with Gasteiger partial charge >= 0.3 is 0 Å². The van der Waals surface area contributed by atoms with Crippen LogP contribution in [0.15, 0.2) is 60.7 Å². The van der Waals surface area contributed by atoms with Gasteiger partial charge in [0.25, 0.3) is 0 Å². The van der Waals surface area contributed by atoms with Gasteiger partial charge in [-0.2, -0.15) is 0 Å². The zero-order valence-electron chi connectivity index (χ0n) is 12.8. The first-order valence-corrected chi connectivity index (χ1v) is 7.41. The summed E-state index contributed by atoms with van der Waals surface area (Å²) in [4.78, 5) is 14.0. The summed E-state index contributed by atoms with van der Waals surface area (Å²) in [5, 5.41) is 0. The summed E-state index contributed by atoms with van der Waals surface area (Å²) in [6.07, 6.45) is 4.18. The van der Waals surface area contributed by atoms with Crippen molar-refractivity contribution >= 4 is 17.7 Å². The molecular weight excluding hydrogens is 274 g/mol. The van der Waals surface area contributed by atoms with Crippen LogP contribution in [-0.4, -0.2) is 19.1 Å². The standard InChI is InChI=1S/C19H19NO2/c1-14-18(13-8-15-6-4-3-5-7-15)20(19(14)21)16-9-11-17(22-2)12-10-16/h3-14,18H,1-2H3/b13-8+/t14-,18-/m1/s1. The van der Waals surface area contributed by atoms with Crippen LogP contribution in [0.5, 0.6) is 5.75 Å². The molecule has 1 saturated heterocycles. The number of hydrogen-bond donors (Lipinski definition) is 0. The van der Waals surface area contributed by atoms with E-state index < -0.39 is 0 Å². The number of amides is 1. The van der Waals surface area contributed by atoms with E-state index in [4.69, 9.17) is 4.74 Å². The fraction of sp³-hybridized carbons (Fsp3) is 0.211. The number of ether oxygens (including phenoxy) is 1. The summed E-state index contributed by atoms with van der Waals surface area (Å²) in [6.45, 7) is 1.97. The zero-order valence-corrected chi connectivity index (χ0v) is 12.8. The van der Waals surface area contributed by atoms with Crippen LogP contribution >= 0.6 is 0 Å². The van der Waals surface area contributed by atoms with Gasteiger partial charge in [0, 0.05) is 5.69 Å². The highest BCUT2D eigenvalue weighted by Gasteiger charge is 2.43. The molecule has 2 aromatic rings. The van der Waals surface area contributed by atoms with Crippen LogP contribution in [0.3, 0.4) is 0 Å². The number of carbonyl (C=O) groups is 1. The highest BCUT2D eigenvalue weighted by atomic mass is 16.5. The number of carbonyl (C=O) groups excluding carboxylic acids is 1. The van der Waals surface area contributed by atoms with Gasteiger partial charge in [0.2, 0.25) is 5.91 Å². The monoisotopic (exact) mass is 293 g/mol. The van der Waals surface area contributed by atoms with Gasteiger partial charge in [-0.1, -0.05) is 49.4 Å². The summed E-state index contributed by atoms with van der Waals surface area (Å²) < 4.78 is 5.16. The van der Waals surface area contributed by atoms with Crippen LogP contribution in [0.2, 0.25) is 0 Å². The Morgan fingerprint density at radius 3 is 2.36 bits per heavy atom. The molecule has 0 N–H and O–H groups in total. The number of anilines is 1. The van der Waals surface area contributed by atoms with E-state index in [0.29, 0.717) is 0 Å². The molecule has 3 heteroatoms. The van der Waals surface area contributed by atoms with E-state index in [-0.39, 0.29) is 17.9 Å². The molecule has 1 aliphatic rings. The van der Waals surface area contributed by atoms with Crippen molar-refractivity contribution in [3.63, 3.8) is 0 Å². The lowest BCUT2D eigenvalue weighted by Crippen LogP contribution is -2.59. The first-order valence-electron chi connectivity index (χ1n) is 7.41. The third kappa shape index (κ3) is 2.62. The van der Waals surface area contributed by atoms with Crippen molar-refractivity contribution in [1.82, 2.24) is 0 Å². The summed E-state index contributed by atoms with van der Waals surface area (Å²) in [6, 6.07) is 17.8. The lowest BCUT2D eigenvalue weighted by atomic mass is 9.87. The topological polar surface area (TPSA) is 29.5 Å². The second kappa shape index (κ2) is 6.06. The number of hydrogen-bond acceptors (Lipinski definition) is 2. The molecule has 0 radical (unpaired) electrons. The van der Waals surface area contributed by atoms with Crippen molar-refractivity contribution in [1.29, 1.82) is 0 Å². The van der Waals surface area contributed by atoms with Crippen LogP contribution in [0.25, 0.3) is 6.08 Å². The normalized spacial score (nSPS) is 21.0. The first-order chi connectivity index (χ1) is 10.7.